The summed E-state index contributed by atoms with van der Waals surface area (Å²) in [6.45, 7) is 0.581. The van der Waals surface area contributed by atoms with Gasteiger partial charge in [-0.2, -0.15) is 0 Å². The maximum Gasteiger partial charge on any atom is 0.354 e. The lowest BCUT2D eigenvalue weighted by atomic mass is 10.3. The summed E-state index contributed by atoms with van der Waals surface area (Å²) in [6.07, 6.45) is 0. The van der Waals surface area contributed by atoms with Gasteiger partial charge in [-0.25, -0.2) is 14.8 Å². The van der Waals surface area contributed by atoms with E-state index in [1.807, 2.05) is 28.8 Å². The minimum atomic E-state index is -1.02. The SMILES string of the molecule is CN(Cc1csc(-c2cccs2)n1)c1cccc(C(=O)O)n1. The van der Waals surface area contributed by atoms with E-state index in [4.69, 9.17) is 5.11 Å². The Hall–Kier alpha value is -2.25. The van der Waals surface area contributed by atoms with E-state index in [9.17, 15) is 4.79 Å². The molecule has 0 aliphatic heterocycles. The molecule has 0 aliphatic rings. The molecule has 112 valence electrons. The van der Waals surface area contributed by atoms with Gasteiger partial charge < -0.3 is 10.0 Å². The monoisotopic (exact) mass is 331 g/mol. The third-order valence-electron chi connectivity index (χ3n) is 3.03. The number of nitrogens with zero attached hydrogens (tertiary/aromatic N) is 3. The van der Waals surface area contributed by atoms with E-state index in [1.165, 1.54) is 6.07 Å². The molecule has 7 heteroatoms. The molecule has 3 heterocycles. The second-order valence-corrected chi connectivity index (χ2v) is 6.47. The van der Waals surface area contributed by atoms with Crippen molar-refractivity contribution >= 4 is 34.5 Å². The average molecular weight is 331 g/mol. The molecule has 3 aromatic rings. The van der Waals surface area contributed by atoms with Crippen LogP contribution in [0.4, 0.5) is 5.82 Å². The highest BCUT2D eigenvalue weighted by molar-refractivity contribution is 7.20. The van der Waals surface area contributed by atoms with Crippen LogP contribution in [0.5, 0.6) is 0 Å². The molecule has 0 aromatic carbocycles. The molecular formula is C15H13N3O2S2. The third kappa shape index (κ3) is 3.15. The lowest BCUT2D eigenvalue weighted by Crippen LogP contribution is -2.18. The summed E-state index contributed by atoms with van der Waals surface area (Å²) >= 11 is 3.28. The van der Waals surface area contributed by atoms with Gasteiger partial charge in [-0.05, 0) is 23.6 Å². The van der Waals surface area contributed by atoms with Crippen molar-refractivity contribution in [1.29, 1.82) is 0 Å². The summed E-state index contributed by atoms with van der Waals surface area (Å²) in [6, 6.07) is 9.03. The molecular weight excluding hydrogens is 318 g/mol. The van der Waals surface area contributed by atoms with Gasteiger partial charge in [0.2, 0.25) is 0 Å². The van der Waals surface area contributed by atoms with Crippen LogP contribution in [0, 0.1) is 0 Å². The maximum absolute atomic E-state index is 11.0. The average Bonchev–Trinajstić information content (AvgIpc) is 3.18. The Morgan fingerprint density at radius 3 is 2.82 bits per heavy atom. The standard InChI is InChI=1S/C15H13N3O2S2/c1-18(13-6-2-4-11(17-13)15(19)20)8-10-9-22-14(16-10)12-5-3-7-21-12/h2-7,9H,8H2,1H3,(H,19,20). The van der Waals surface area contributed by atoms with Crippen LogP contribution >= 0.6 is 22.7 Å². The second kappa shape index (κ2) is 6.25. The van der Waals surface area contributed by atoms with Gasteiger partial charge in [0.05, 0.1) is 17.1 Å². The van der Waals surface area contributed by atoms with Crippen LogP contribution in [0.2, 0.25) is 0 Å². The number of aromatic carboxylic acids is 1. The summed E-state index contributed by atoms with van der Waals surface area (Å²) in [5.41, 5.74) is 0.986. The molecule has 0 saturated carbocycles. The summed E-state index contributed by atoms with van der Waals surface area (Å²) in [7, 11) is 1.87. The number of carboxylic acid groups (broad SMARTS) is 1. The summed E-state index contributed by atoms with van der Waals surface area (Å²) in [5, 5.41) is 14.1. The predicted octanol–water partition coefficient (Wildman–Crippen LogP) is 3.60. The van der Waals surface area contributed by atoms with E-state index in [0.29, 0.717) is 12.4 Å². The number of thiazole rings is 1. The molecule has 0 amide bonds. The predicted molar refractivity (Wildman–Crippen MR) is 88.7 cm³/mol. The lowest BCUT2D eigenvalue weighted by molar-refractivity contribution is 0.0690. The molecule has 3 aromatic heterocycles. The van der Waals surface area contributed by atoms with Gasteiger partial charge in [0.1, 0.15) is 10.8 Å². The van der Waals surface area contributed by atoms with E-state index in [0.717, 1.165) is 15.6 Å². The molecule has 3 rings (SSSR count). The van der Waals surface area contributed by atoms with Crippen LogP contribution in [0.25, 0.3) is 9.88 Å². The quantitative estimate of drug-likeness (QED) is 0.774. The Morgan fingerprint density at radius 2 is 2.09 bits per heavy atom. The topological polar surface area (TPSA) is 66.3 Å². The number of thiophene rings is 1. The Balaban J connectivity index is 1.75. The number of carbonyl (C=O) groups is 1. The molecule has 0 bridgehead atoms. The van der Waals surface area contributed by atoms with E-state index in [2.05, 4.69) is 16.0 Å². The van der Waals surface area contributed by atoms with Crippen LogP contribution in [-0.4, -0.2) is 28.1 Å². The van der Waals surface area contributed by atoms with Gasteiger partial charge in [-0.3, -0.25) is 0 Å². The number of carboxylic acids is 1. The number of pyridine rings is 1. The Morgan fingerprint density at radius 1 is 1.23 bits per heavy atom. The van der Waals surface area contributed by atoms with E-state index in [1.54, 1.807) is 34.8 Å². The van der Waals surface area contributed by atoms with Crippen molar-refractivity contribution in [2.75, 3.05) is 11.9 Å². The zero-order valence-corrected chi connectivity index (χ0v) is 13.4. The maximum atomic E-state index is 11.0. The molecule has 0 saturated heterocycles. The second-order valence-electron chi connectivity index (χ2n) is 4.66. The zero-order chi connectivity index (χ0) is 15.5. The molecule has 0 aliphatic carbocycles. The molecule has 1 N–H and O–H groups in total. The smallest absolute Gasteiger partial charge is 0.354 e. The first kappa shape index (κ1) is 14.7. The van der Waals surface area contributed by atoms with Crippen molar-refractivity contribution in [3.05, 3.63) is 52.5 Å². The molecule has 0 radical (unpaired) electrons. The largest absolute Gasteiger partial charge is 0.477 e. The molecule has 5 nitrogen and oxygen atoms in total. The van der Waals surface area contributed by atoms with E-state index in [-0.39, 0.29) is 5.69 Å². The summed E-state index contributed by atoms with van der Waals surface area (Å²) in [4.78, 5) is 22.8. The molecule has 0 atom stereocenters. The van der Waals surface area contributed by atoms with Crippen molar-refractivity contribution in [1.82, 2.24) is 9.97 Å². The van der Waals surface area contributed by atoms with Gasteiger partial charge >= 0.3 is 5.97 Å². The van der Waals surface area contributed by atoms with Crippen molar-refractivity contribution in [3.8, 4) is 9.88 Å². The van der Waals surface area contributed by atoms with Crippen LogP contribution < -0.4 is 4.90 Å². The Bertz CT molecular complexity index is 784. The van der Waals surface area contributed by atoms with Crippen molar-refractivity contribution in [2.24, 2.45) is 0 Å². The minimum Gasteiger partial charge on any atom is -0.477 e. The molecule has 0 fully saturated rings. The molecule has 22 heavy (non-hydrogen) atoms. The van der Waals surface area contributed by atoms with Gasteiger partial charge in [-0.15, -0.1) is 22.7 Å². The highest BCUT2D eigenvalue weighted by atomic mass is 32.1. The van der Waals surface area contributed by atoms with Gasteiger partial charge in [0.15, 0.2) is 5.69 Å². The number of anilines is 1. The molecule has 0 spiro atoms. The van der Waals surface area contributed by atoms with Crippen LogP contribution in [0.3, 0.4) is 0 Å². The first-order valence-electron chi connectivity index (χ1n) is 6.53. The Kier molecular flexibility index (Phi) is 4.17. The fraction of sp³-hybridized carbons (Fsp3) is 0.133. The first-order chi connectivity index (χ1) is 10.6. The number of hydrogen-bond acceptors (Lipinski definition) is 6. The van der Waals surface area contributed by atoms with E-state index < -0.39 is 5.97 Å². The number of hydrogen-bond donors (Lipinski definition) is 1. The summed E-state index contributed by atoms with van der Waals surface area (Å²) in [5.74, 6) is -0.408. The lowest BCUT2D eigenvalue weighted by Gasteiger charge is -2.16. The van der Waals surface area contributed by atoms with Crippen LogP contribution in [0.1, 0.15) is 16.2 Å². The van der Waals surface area contributed by atoms with Crippen molar-refractivity contribution in [2.45, 2.75) is 6.54 Å². The van der Waals surface area contributed by atoms with Crippen LogP contribution in [-0.2, 0) is 6.54 Å². The highest BCUT2D eigenvalue weighted by Crippen LogP contribution is 2.28. The summed E-state index contributed by atoms with van der Waals surface area (Å²) < 4.78 is 0. The van der Waals surface area contributed by atoms with Crippen molar-refractivity contribution < 1.29 is 9.90 Å². The third-order valence-corrected chi connectivity index (χ3v) is 4.96. The number of aromatic nitrogens is 2. The van der Waals surface area contributed by atoms with Crippen LogP contribution in [0.15, 0.2) is 41.1 Å². The highest BCUT2D eigenvalue weighted by Gasteiger charge is 2.11. The fourth-order valence-electron chi connectivity index (χ4n) is 1.97. The van der Waals surface area contributed by atoms with E-state index >= 15 is 0 Å². The van der Waals surface area contributed by atoms with Crippen molar-refractivity contribution in [3.63, 3.8) is 0 Å². The number of rotatable bonds is 5. The normalized spacial score (nSPS) is 10.6. The fourth-order valence-corrected chi connectivity index (χ4v) is 3.60. The van der Waals surface area contributed by atoms with Gasteiger partial charge in [0.25, 0.3) is 0 Å². The van der Waals surface area contributed by atoms with Gasteiger partial charge in [-0.1, -0.05) is 12.1 Å². The Labute approximate surface area is 135 Å². The minimum absolute atomic E-state index is 0.0434. The first-order valence-corrected chi connectivity index (χ1v) is 8.29. The molecule has 0 unspecified atom stereocenters. The zero-order valence-electron chi connectivity index (χ0n) is 11.8. The van der Waals surface area contributed by atoms with Gasteiger partial charge in [0, 0.05) is 12.4 Å².